The van der Waals surface area contributed by atoms with Crippen LogP contribution in [0.3, 0.4) is 0 Å². The lowest BCUT2D eigenvalue weighted by Gasteiger charge is -2.29. The summed E-state index contributed by atoms with van der Waals surface area (Å²) in [6, 6.07) is 10.6. The Labute approximate surface area is 140 Å². The van der Waals surface area contributed by atoms with Crippen molar-refractivity contribution in [3.8, 4) is 5.69 Å². The number of benzene rings is 1. The van der Waals surface area contributed by atoms with Crippen molar-refractivity contribution in [2.45, 2.75) is 26.2 Å². The molecular formula is C18H21N3O3. The van der Waals surface area contributed by atoms with E-state index in [1.54, 1.807) is 19.1 Å². The van der Waals surface area contributed by atoms with Crippen molar-refractivity contribution < 1.29 is 9.53 Å². The third-order valence-corrected chi connectivity index (χ3v) is 4.08. The van der Waals surface area contributed by atoms with Gasteiger partial charge in [-0.25, -0.2) is 4.79 Å². The molecule has 24 heavy (non-hydrogen) atoms. The summed E-state index contributed by atoms with van der Waals surface area (Å²) >= 11 is 0. The van der Waals surface area contributed by atoms with Crippen molar-refractivity contribution in [3.63, 3.8) is 0 Å². The molecule has 2 aromatic rings. The molecule has 2 heterocycles. The number of rotatable bonds is 4. The maximum atomic E-state index is 12.5. The average Bonchev–Trinajstić information content (AvgIpc) is 2.63. The summed E-state index contributed by atoms with van der Waals surface area (Å²) in [5.41, 5.74) is 1.14. The summed E-state index contributed by atoms with van der Waals surface area (Å²) in [4.78, 5) is 27.0. The van der Waals surface area contributed by atoms with E-state index >= 15 is 0 Å². The Morgan fingerprint density at radius 3 is 2.54 bits per heavy atom. The molecule has 0 bridgehead atoms. The summed E-state index contributed by atoms with van der Waals surface area (Å²) in [5, 5.41) is 4.32. The van der Waals surface area contributed by atoms with Crippen molar-refractivity contribution >= 4 is 11.7 Å². The number of ether oxygens (including phenoxy) is 1. The summed E-state index contributed by atoms with van der Waals surface area (Å²) in [7, 11) is 0. The highest BCUT2D eigenvalue weighted by Gasteiger charge is 2.23. The molecule has 1 fully saturated rings. The smallest absolute Gasteiger partial charge is 0.360 e. The van der Waals surface area contributed by atoms with Crippen molar-refractivity contribution in [2.24, 2.45) is 0 Å². The summed E-state index contributed by atoms with van der Waals surface area (Å²) in [6.45, 7) is 3.67. The Hall–Kier alpha value is -2.63. The van der Waals surface area contributed by atoms with Gasteiger partial charge in [-0.1, -0.05) is 18.2 Å². The SMILES string of the molecule is CCOC(=O)c1nn(-c2ccccc2)c(=O)cc1N1CCCCC1. The molecule has 0 aliphatic carbocycles. The molecule has 1 aliphatic heterocycles. The lowest BCUT2D eigenvalue weighted by atomic mass is 10.1. The highest BCUT2D eigenvalue weighted by atomic mass is 16.5. The van der Waals surface area contributed by atoms with Crippen molar-refractivity contribution in [3.05, 3.63) is 52.4 Å². The van der Waals surface area contributed by atoms with Crippen molar-refractivity contribution in [2.75, 3.05) is 24.6 Å². The highest BCUT2D eigenvalue weighted by molar-refractivity contribution is 5.93. The maximum Gasteiger partial charge on any atom is 0.360 e. The third-order valence-electron chi connectivity index (χ3n) is 4.08. The Bertz CT molecular complexity index is 765. The van der Waals surface area contributed by atoms with Gasteiger partial charge in [0.2, 0.25) is 0 Å². The molecular weight excluding hydrogens is 306 g/mol. The Kier molecular flexibility index (Phi) is 4.93. The minimum Gasteiger partial charge on any atom is -0.461 e. The van der Waals surface area contributed by atoms with E-state index in [4.69, 9.17) is 4.74 Å². The minimum atomic E-state index is -0.497. The predicted octanol–water partition coefficient (Wildman–Crippen LogP) is 2.40. The molecule has 0 amide bonds. The van der Waals surface area contributed by atoms with E-state index in [0.717, 1.165) is 25.9 Å². The highest BCUT2D eigenvalue weighted by Crippen LogP contribution is 2.22. The second-order valence-electron chi connectivity index (χ2n) is 5.73. The molecule has 1 saturated heterocycles. The first-order valence-electron chi connectivity index (χ1n) is 8.32. The molecule has 6 heteroatoms. The number of hydrogen-bond donors (Lipinski definition) is 0. The number of piperidine rings is 1. The zero-order valence-corrected chi connectivity index (χ0v) is 13.8. The third kappa shape index (κ3) is 3.32. The molecule has 0 radical (unpaired) electrons. The van der Waals surface area contributed by atoms with Gasteiger partial charge in [0.25, 0.3) is 5.56 Å². The standard InChI is InChI=1S/C18H21N3O3/c1-2-24-18(23)17-15(20-11-7-4-8-12-20)13-16(22)21(19-17)14-9-5-3-6-10-14/h3,5-6,9-10,13H,2,4,7-8,11-12H2,1H3. The molecule has 0 atom stereocenters. The van der Waals surface area contributed by atoms with Crippen molar-refractivity contribution in [1.82, 2.24) is 9.78 Å². The van der Waals surface area contributed by atoms with Gasteiger partial charge in [-0.15, -0.1) is 0 Å². The largest absolute Gasteiger partial charge is 0.461 e. The molecule has 3 rings (SSSR count). The first-order chi connectivity index (χ1) is 11.7. The monoisotopic (exact) mass is 327 g/mol. The van der Waals surface area contributed by atoms with E-state index < -0.39 is 5.97 Å². The molecule has 126 valence electrons. The van der Waals surface area contributed by atoms with Crippen LogP contribution >= 0.6 is 0 Å². The Morgan fingerprint density at radius 2 is 1.88 bits per heavy atom. The van der Waals surface area contributed by atoms with Crippen LogP contribution in [0.1, 0.15) is 36.7 Å². The van der Waals surface area contributed by atoms with Crippen LogP contribution in [0.5, 0.6) is 0 Å². The van der Waals surface area contributed by atoms with Crippen LogP contribution in [-0.2, 0) is 4.74 Å². The van der Waals surface area contributed by atoms with Gasteiger partial charge in [0.05, 0.1) is 18.0 Å². The van der Waals surface area contributed by atoms with Gasteiger partial charge in [0.1, 0.15) is 0 Å². The Morgan fingerprint density at radius 1 is 1.17 bits per heavy atom. The van der Waals surface area contributed by atoms with Crippen LogP contribution in [0.15, 0.2) is 41.2 Å². The Balaban J connectivity index is 2.10. The number of carbonyl (C=O) groups is 1. The van der Waals surface area contributed by atoms with E-state index in [1.165, 1.54) is 17.2 Å². The number of nitrogens with zero attached hydrogens (tertiary/aromatic N) is 3. The maximum absolute atomic E-state index is 12.5. The van der Waals surface area contributed by atoms with Gasteiger partial charge in [-0.3, -0.25) is 4.79 Å². The molecule has 1 aliphatic rings. The van der Waals surface area contributed by atoms with E-state index in [2.05, 4.69) is 10.00 Å². The second-order valence-corrected chi connectivity index (χ2v) is 5.73. The minimum absolute atomic E-state index is 0.196. The topological polar surface area (TPSA) is 64.4 Å². The molecule has 0 saturated carbocycles. The number of aromatic nitrogens is 2. The number of carbonyl (C=O) groups excluding carboxylic acids is 1. The van der Waals surface area contributed by atoms with Gasteiger partial charge in [-0.2, -0.15) is 9.78 Å². The molecule has 1 aromatic carbocycles. The van der Waals surface area contributed by atoms with Gasteiger partial charge < -0.3 is 9.64 Å². The fourth-order valence-corrected chi connectivity index (χ4v) is 2.92. The first kappa shape index (κ1) is 16.2. The van der Waals surface area contributed by atoms with E-state index in [9.17, 15) is 9.59 Å². The van der Waals surface area contributed by atoms with E-state index in [-0.39, 0.29) is 17.9 Å². The number of hydrogen-bond acceptors (Lipinski definition) is 5. The van der Waals surface area contributed by atoms with Gasteiger partial charge in [0.15, 0.2) is 5.69 Å². The first-order valence-corrected chi connectivity index (χ1v) is 8.32. The van der Waals surface area contributed by atoms with Crippen LogP contribution in [0, 0.1) is 0 Å². The van der Waals surface area contributed by atoms with Crippen LogP contribution in [0.2, 0.25) is 0 Å². The van der Waals surface area contributed by atoms with Crippen molar-refractivity contribution in [1.29, 1.82) is 0 Å². The van der Waals surface area contributed by atoms with Crippen LogP contribution < -0.4 is 10.5 Å². The van der Waals surface area contributed by atoms with E-state index in [0.29, 0.717) is 11.4 Å². The average molecular weight is 327 g/mol. The molecule has 0 spiro atoms. The molecule has 1 aromatic heterocycles. The second kappa shape index (κ2) is 7.29. The zero-order valence-electron chi connectivity index (χ0n) is 13.8. The van der Waals surface area contributed by atoms with Crippen LogP contribution in [0.25, 0.3) is 5.69 Å². The normalized spacial score (nSPS) is 14.5. The quantitative estimate of drug-likeness (QED) is 0.807. The van der Waals surface area contributed by atoms with Gasteiger partial charge in [-0.05, 0) is 38.3 Å². The lowest BCUT2D eigenvalue weighted by Crippen LogP contribution is -2.34. The summed E-state index contributed by atoms with van der Waals surface area (Å²) in [5.74, 6) is -0.497. The lowest BCUT2D eigenvalue weighted by molar-refractivity contribution is 0.0518. The summed E-state index contributed by atoms with van der Waals surface area (Å²) < 4.78 is 6.40. The van der Waals surface area contributed by atoms with Crippen LogP contribution in [0.4, 0.5) is 5.69 Å². The number of anilines is 1. The van der Waals surface area contributed by atoms with Gasteiger partial charge in [0, 0.05) is 19.2 Å². The summed E-state index contributed by atoms with van der Waals surface area (Å²) in [6.07, 6.45) is 3.26. The zero-order chi connectivity index (χ0) is 16.9. The fourth-order valence-electron chi connectivity index (χ4n) is 2.92. The molecule has 0 N–H and O–H groups in total. The number of esters is 1. The molecule has 6 nitrogen and oxygen atoms in total. The number of para-hydroxylation sites is 1. The predicted molar refractivity (Wildman–Crippen MR) is 91.9 cm³/mol. The van der Waals surface area contributed by atoms with Crippen LogP contribution in [-0.4, -0.2) is 35.4 Å². The van der Waals surface area contributed by atoms with E-state index in [1.807, 2.05) is 18.2 Å². The fraction of sp³-hybridized carbons (Fsp3) is 0.389. The molecule has 0 unspecified atom stereocenters. The van der Waals surface area contributed by atoms with Gasteiger partial charge >= 0.3 is 5.97 Å².